The molecule has 112 valence electrons. The highest BCUT2D eigenvalue weighted by Crippen LogP contribution is 2.33. The second-order valence-electron chi connectivity index (χ2n) is 4.67. The van der Waals surface area contributed by atoms with E-state index in [0.29, 0.717) is 11.6 Å². The quantitative estimate of drug-likeness (QED) is 0.844. The first-order valence-corrected chi connectivity index (χ1v) is 6.14. The van der Waals surface area contributed by atoms with E-state index in [1.165, 1.54) is 30.3 Å². The van der Waals surface area contributed by atoms with Crippen LogP contribution in [0, 0.1) is 11.6 Å². The van der Waals surface area contributed by atoms with Gasteiger partial charge < -0.3 is 5.73 Å². The normalized spacial score (nSPS) is 13.2. The van der Waals surface area contributed by atoms with Crippen LogP contribution in [0.2, 0.25) is 0 Å². The Hall–Kier alpha value is -1.95. The number of halogens is 5. The van der Waals surface area contributed by atoms with Gasteiger partial charge in [-0.15, -0.1) is 0 Å². The van der Waals surface area contributed by atoms with Gasteiger partial charge in [0.05, 0.1) is 5.56 Å². The van der Waals surface area contributed by atoms with Gasteiger partial charge in [0.25, 0.3) is 0 Å². The lowest BCUT2D eigenvalue weighted by molar-refractivity contribution is -0.140. The van der Waals surface area contributed by atoms with Crippen LogP contribution in [0.15, 0.2) is 42.5 Å². The molecule has 0 radical (unpaired) electrons. The third kappa shape index (κ3) is 3.78. The summed E-state index contributed by atoms with van der Waals surface area (Å²) >= 11 is 0. The van der Waals surface area contributed by atoms with Gasteiger partial charge in [0.2, 0.25) is 0 Å². The molecule has 0 aromatic heterocycles. The molecule has 6 heteroatoms. The van der Waals surface area contributed by atoms with Crippen molar-refractivity contribution < 1.29 is 22.0 Å². The molecule has 0 aliphatic rings. The largest absolute Gasteiger partial charge is 0.419 e. The van der Waals surface area contributed by atoms with E-state index in [2.05, 4.69) is 0 Å². The molecule has 1 nitrogen and oxygen atoms in total. The predicted octanol–water partition coefficient (Wildman–Crippen LogP) is 4.23. The third-order valence-corrected chi connectivity index (χ3v) is 3.09. The standard InChI is InChI=1S/C15H12F5N/c16-11-4-1-9(2-5-11)7-14(21)10-3-6-13(17)12(8-10)15(18,19)20/h1-6,8,14H,7,21H2. The Balaban J connectivity index is 2.23. The van der Waals surface area contributed by atoms with Crippen LogP contribution < -0.4 is 5.73 Å². The molecule has 1 unspecified atom stereocenters. The predicted molar refractivity (Wildman–Crippen MR) is 68.4 cm³/mol. The molecule has 0 spiro atoms. The fraction of sp³-hybridized carbons (Fsp3) is 0.200. The summed E-state index contributed by atoms with van der Waals surface area (Å²) in [7, 11) is 0. The van der Waals surface area contributed by atoms with Crippen LogP contribution in [0.3, 0.4) is 0 Å². The van der Waals surface area contributed by atoms with Gasteiger partial charge in [0, 0.05) is 6.04 Å². The van der Waals surface area contributed by atoms with Crippen molar-refractivity contribution in [3.05, 3.63) is 70.8 Å². The number of hydrogen-bond donors (Lipinski definition) is 1. The summed E-state index contributed by atoms with van der Waals surface area (Å²) in [5.74, 6) is -1.74. The highest BCUT2D eigenvalue weighted by molar-refractivity contribution is 5.30. The van der Waals surface area contributed by atoms with Crippen molar-refractivity contribution >= 4 is 0 Å². The van der Waals surface area contributed by atoms with Gasteiger partial charge in [-0.1, -0.05) is 18.2 Å². The fourth-order valence-electron chi connectivity index (χ4n) is 1.98. The van der Waals surface area contributed by atoms with Crippen molar-refractivity contribution in [2.45, 2.75) is 18.6 Å². The highest BCUT2D eigenvalue weighted by atomic mass is 19.4. The fourth-order valence-corrected chi connectivity index (χ4v) is 1.98. The van der Waals surface area contributed by atoms with Gasteiger partial charge in [-0.3, -0.25) is 0 Å². The summed E-state index contributed by atoms with van der Waals surface area (Å²) in [5.41, 5.74) is 5.36. The zero-order valence-electron chi connectivity index (χ0n) is 10.8. The maximum absolute atomic E-state index is 13.2. The van der Waals surface area contributed by atoms with Crippen molar-refractivity contribution in [3.63, 3.8) is 0 Å². The van der Waals surface area contributed by atoms with Crippen molar-refractivity contribution in [3.8, 4) is 0 Å². The Bertz CT molecular complexity index is 619. The molecule has 0 fully saturated rings. The molecule has 0 saturated carbocycles. The summed E-state index contributed by atoms with van der Waals surface area (Å²) < 4.78 is 63.9. The molecule has 21 heavy (non-hydrogen) atoms. The van der Waals surface area contributed by atoms with Crippen LogP contribution in [0.5, 0.6) is 0 Å². The molecule has 0 aliphatic heterocycles. The van der Waals surface area contributed by atoms with Gasteiger partial charge in [-0.25, -0.2) is 8.78 Å². The van der Waals surface area contributed by atoms with E-state index in [0.717, 1.165) is 6.07 Å². The average molecular weight is 301 g/mol. The number of hydrogen-bond acceptors (Lipinski definition) is 1. The molecular weight excluding hydrogens is 289 g/mol. The summed E-state index contributed by atoms with van der Waals surface area (Å²) in [6.07, 6.45) is -4.54. The van der Waals surface area contributed by atoms with E-state index in [1.807, 2.05) is 0 Å². The van der Waals surface area contributed by atoms with E-state index >= 15 is 0 Å². The maximum atomic E-state index is 13.2. The van der Waals surface area contributed by atoms with E-state index < -0.39 is 29.4 Å². The zero-order valence-corrected chi connectivity index (χ0v) is 10.8. The van der Waals surface area contributed by atoms with Gasteiger partial charge in [0.1, 0.15) is 11.6 Å². The molecule has 1 atom stereocenters. The molecule has 0 bridgehead atoms. The first kappa shape index (κ1) is 15.4. The number of nitrogens with two attached hydrogens (primary N) is 1. The number of rotatable bonds is 3. The number of alkyl halides is 3. The Morgan fingerprint density at radius 1 is 0.952 bits per heavy atom. The van der Waals surface area contributed by atoms with Crippen molar-refractivity contribution in [1.29, 1.82) is 0 Å². The summed E-state index contributed by atoms with van der Waals surface area (Å²) in [4.78, 5) is 0. The smallest absolute Gasteiger partial charge is 0.324 e. The van der Waals surface area contributed by atoms with E-state index in [4.69, 9.17) is 5.73 Å². The van der Waals surface area contributed by atoms with Gasteiger partial charge in [-0.05, 0) is 41.8 Å². The second kappa shape index (κ2) is 5.81. The maximum Gasteiger partial charge on any atom is 0.419 e. The van der Waals surface area contributed by atoms with Crippen LogP contribution in [0.1, 0.15) is 22.7 Å². The zero-order chi connectivity index (χ0) is 15.6. The molecule has 2 aromatic rings. The average Bonchev–Trinajstić information content (AvgIpc) is 2.40. The van der Waals surface area contributed by atoms with Gasteiger partial charge in [0.15, 0.2) is 0 Å². The molecule has 0 aliphatic carbocycles. The van der Waals surface area contributed by atoms with Crippen LogP contribution in [-0.2, 0) is 12.6 Å². The lowest BCUT2D eigenvalue weighted by Crippen LogP contribution is -2.16. The minimum absolute atomic E-state index is 0.174. The monoisotopic (exact) mass is 301 g/mol. The lowest BCUT2D eigenvalue weighted by Gasteiger charge is -2.15. The van der Waals surface area contributed by atoms with Crippen LogP contribution in [-0.4, -0.2) is 0 Å². The van der Waals surface area contributed by atoms with Gasteiger partial charge >= 0.3 is 6.18 Å². The second-order valence-corrected chi connectivity index (χ2v) is 4.67. The SMILES string of the molecule is NC(Cc1ccc(F)cc1)c1ccc(F)c(C(F)(F)F)c1. The van der Waals surface area contributed by atoms with E-state index in [-0.39, 0.29) is 12.0 Å². The Labute approximate surface area is 118 Å². The molecule has 2 rings (SSSR count). The van der Waals surface area contributed by atoms with Crippen LogP contribution >= 0.6 is 0 Å². The molecule has 0 amide bonds. The molecule has 0 saturated heterocycles. The Kier molecular flexibility index (Phi) is 4.27. The Morgan fingerprint density at radius 2 is 1.57 bits per heavy atom. The summed E-state index contributed by atoms with van der Waals surface area (Å²) in [6.45, 7) is 0. The van der Waals surface area contributed by atoms with E-state index in [9.17, 15) is 22.0 Å². The third-order valence-electron chi connectivity index (χ3n) is 3.09. The van der Waals surface area contributed by atoms with Crippen molar-refractivity contribution in [1.82, 2.24) is 0 Å². The summed E-state index contributed by atoms with van der Waals surface area (Å²) in [6, 6.07) is 7.44. The lowest BCUT2D eigenvalue weighted by atomic mass is 9.98. The molecule has 0 heterocycles. The molecule has 2 N–H and O–H groups in total. The first-order chi connectivity index (χ1) is 9.77. The van der Waals surface area contributed by atoms with Crippen LogP contribution in [0.4, 0.5) is 22.0 Å². The number of benzene rings is 2. The minimum atomic E-state index is -4.77. The molecular formula is C15H12F5N. The van der Waals surface area contributed by atoms with Crippen molar-refractivity contribution in [2.24, 2.45) is 5.73 Å². The topological polar surface area (TPSA) is 26.0 Å². The highest BCUT2D eigenvalue weighted by Gasteiger charge is 2.34. The van der Waals surface area contributed by atoms with Crippen LogP contribution in [0.25, 0.3) is 0 Å². The first-order valence-electron chi connectivity index (χ1n) is 6.14. The molecule has 2 aromatic carbocycles. The summed E-state index contributed by atoms with van der Waals surface area (Å²) in [5, 5.41) is 0. The van der Waals surface area contributed by atoms with E-state index in [1.54, 1.807) is 0 Å². The Morgan fingerprint density at radius 3 is 2.14 bits per heavy atom. The van der Waals surface area contributed by atoms with Gasteiger partial charge in [-0.2, -0.15) is 13.2 Å². The minimum Gasteiger partial charge on any atom is -0.324 e. The van der Waals surface area contributed by atoms with Crippen molar-refractivity contribution in [2.75, 3.05) is 0 Å².